The lowest BCUT2D eigenvalue weighted by Crippen LogP contribution is -2.35. The molecule has 0 saturated carbocycles. The van der Waals surface area contributed by atoms with Crippen molar-refractivity contribution in [3.05, 3.63) is 50.8 Å². The van der Waals surface area contributed by atoms with Crippen molar-refractivity contribution >= 4 is 38.8 Å². The predicted molar refractivity (Wildman–Crippen MR) is 88.8 cm³/mol. The minimum absolute atomic E-state index is 0.232. The summed E-state index contributed by atoms with van der Waals surface area (Å²) in [5, 5.41) is 0.315. The zero-order valence-corrected chi connectivity index (χ0v) is 14.0. The van der Waals surface area contributed by atoms with Gasteiger partial charge in [-0.25, -0.2) is 4.79 Å². The zero-order chi connectivity index (χ0) is 16.6. The number of carbonyl (C=O) groups is 1. The Morgan fingerprint density at radius 2 is 2.17 bits per heavy atom. The molecule has 7 heteroatoms. The number of benzene rings is 1. The van der Waals surface area contributed by atoms with Gasteiger partial charge in [-0.05, 0) is 28.1 Å². The molecule has 0 N–H and O–H groups in total. The van der Waals surface area contributed by atoms with Gasteiger partial charge in [-0.2, -0.15) is 0 Å². The number of fused-ring (bicyclic) bond motifs is 1. The predicted octanol–water partition coefficient (Wildman–Crippen LogP) is 2.69. The summed E-state index contributed by atoms with van der Waals surface area (Å²) in [7, 11) is 1.29. The molecule has 0 radical (unpaired) electrons. The summed E-state index contributed by atoms with van der Waals surface area (Å²) in [4.78, 5) is 26.0. The molecule has 120 valence electrons. The molecule has 23 heavy (non-hydrogen) atoms. The molecule has 0 atom stereocenters. The number of morpholine rings is 1. The van der Waals surface area contributed by atoms with Crippen LogP contribution in [-0.4, -0.2) is 32.8 Å². The highest BCUT2D eigenvalue weighted by Gasteiger charge is 2.20. The lowest BCUT2D eigenvalue weighted by atomic mass is 10.1. The molecular formula is C16H14BrNO5. The number of ether oxygens (including phenoxy) is 2. The molecular weight excluding hydrogens is 366 g/mol. The third-order valence-electron chi connectivity index (χ3n) is 3.54. The van der Waals surface area contributed by atoms with Crippen LogP contribution in [0.2, 0.25) is 0 Å². The van der Waals surface area contributed by atoms with E-state index >= 15 is 0 Å². The smallest absolute Gasteiger partial charge is 0.337 e. The van der Waals surface area contributed by atoms with Gasteiger partial charge in [0.15, 0.2) is 11.0 Å². The van der Waals surface area contributed by atoms with Crippen LogP contribution in [0.25, 0.3) is 11.0 Å². The highest BCUT2D eigenvalue weighted by molar-refractivity contribution is 9.10. The van der Waals surface area contributed by atoms with Crippen LogP contribution in [0.5, 0.6) is 0 Å². The maximum atomic E-state index is 12.4. The highest BCUT2D eigenvalue weighted by atomic mass is 79.9. The van der Waals surface area contributed by atoms with E-state index in [2.05, 4.69) is 27.2 Å². The van der Waals surface area contributed by atoms with E-state index < -0.39 is 5.97 Å². The van der Waals surface area contributed by atoms with Crippen LogP contribution in [0, 0.1) is 0 Å². The minimum Gasteiger partial charge on any atom is -0.495 e. The van der Waals surface area contributed by atoms with Crippen molar-refractivity contribution in [2.24, 2.45) is 0 Å². The quantitative estimate of drug-likeness (QED) is 0.747. The number of anilines is 1. The Morgan fingerprint density at radius 1 is 1.39 bits per heavy atom. The molecule has 1 aliphatic rings. The lowest BCUT2D eigenvalue weighted by Gasteiger charge is -2.28. The second-order valence-electron chi connectivity index (χ2n) is 5.08. The standard InChI is InChI=1S/C16H14BrNO5/c1-9-8-18(3-4-22-9)14-7-13(19)11-5-10(16(20)21-2)6-12(17)15(11)23-14/h5-7H,1,3-4,8H2,2H3. The van der Waals surface area contributed by atoms with Crippen LogP contribution in [0.4, 0.5) is 5.88 Å². The molecule has 3 rings (SSSR count). The largest absolute Gasteiger partial charge is 0.495 e. The first-order valence-corrected chi connectivity index (χ1v) is 7.70. The van der Waals surface area contributed by atoms with Crippen LogP contribution < -0.4 is 10.3 Å². The van der Waals surface area contributed by atoms with Gasteiger partial charge in [0.1, 0.15) is 12.4 Å². The van der Waals surface area contributed by atoms with Gasteiger partial charge < -0.3 is 18.8 Å². The van der Waals surface area contributed by atoms with E-state index in [0.717, 1.165) is 0 Å². The summed E-state index contributed by atoms with van der Waals surface area (Å²) in [6.45, 7) is 5.34. The van der Waals surface area contributed by atoms with Crippen LogP contribution in [0.3, 0.4) is 0 Å². The first-order valence-electron chi connectivity index (χ1n) is 6.91. The maximum Gasteiger partial charge on any atom is 0.337 e. The number of nitrogens with zero attached hydrogens (tertiary/aromatic N) is 1. The van der Waals surface area contributed by atoms with Crippen LogP contribution in [0.15, 0.2) is 44.2 Å². The van der Waals surface area contributed by atoms with E-state index in [1.165, 1.54) is 19.2 Å². The monoisotopic (exact) mass is 379 g/mol. The van der Waals surface area contributed by atoms with Crippen molar-refractivity contribution in [1.29, 1.82) is 0 Å². The average Bonchev–Trinajstić information content (AvgIpc) is 2.54. The fraction of sp³-hybridized carbons (Fsp3) is 0.250. The van der Waals surface area contributed by atoms with E-state index in [4.69, 9.17) is 9.15 Å². The van der Waals surface area contributed by atoms with Gasteiger partial charge >= 0.3 is 5.97 Å². The number of rotatable bonds is 2. The van der Waals surface area contributed by atoms with Gasteiger partial charge in [-0.1, -0.05) is 6.58 Å². The number of halogens is 1. The molecule has 2 heterocycles. The van der Waals surface area contributed by atoms with Crippen molar-refractivity contribution in [3.8, 4) is 0 Å². The van der Waals surface area contributed by atoms with Crippen molar-refractivity contribution in [2.75, 3.05) is 31.7 Å². The Morgan fingerprint density at radius 3 is 2.87 bits per heavy atom. The number of esters is 1. The minimum atomic E-state index is -0.513. The molecule has 1 fully saturated rings. The van der Waals surface area contributed by atoms with Crippen molar-refractivity contribution in [2.45, 2.75) is 0 Å². The van der Waals surface area contributed by atoms with E-state index in [-0.39, 0.29) is 11.0 Å². The SMILES string of the molecule is C=C1CN(c2cc(=O)c3cc(C(=O)OC)cc(Br)c3o2)CCO1. The molecule has 0 bridgehead atoms. The summed E-state index contributed by atoms with van der Waals surface area (Å²) in [6, 6.07) is 4.45. The molecule has 0 spiro atoms. The Kier molecular flexibility index (Phi) is 4.12. The number of carbonyl (C=O) groups excluding carboxylic acids is 1. The average molecular weight is 380 g/mol. The zero-order valence-electron chi connectivity index (χ0n) is 12.4. The second kappa shape index (κ2) is 6.08. The lowest BCUT2D eigenvalue weighted by molar-refractivity contribution is 0.0601. The molecule has 1 saturated heterocycles. The van der Waals surface area contributed by atoms with Gasteiger partial charge in [-0.15, -0.1) is 0 Å². The first-order chi connectivity index (χ1) is 11.0. The summed E-state index contributed by atoms with van der Waals surface area (Å²) in [5.74, 6) is 0.554. The first kappa shape index (κ1) is 15.6. The van der Waals surface area contributed by atoms with Gasteiger partial charge in [0.2, 0.25) is 5.88 Å². The van der Waals surface area contributed by atoms with Gasteiger partial charge in [-0.3, -0.25) is 4.79 Å². The van der Waals surface area contributed by atoms with Crippen molar-refractivity contribution in [3.63, 3.8) is 0 Å². The number of hydrogen-bond donors (Lipinski definition) is 0. The van der Waals surface area contributed by atoms with E-state index in [0.29, 0.717) is 46.8 Å². The topological polar surface area (TPSA) is 69.0 Å². The molecule has 1 aromatic carbocycles. The molecule has 6 nitrogen and oxygen atoms in total. The summed E-state index contributed by atoms with van der Waals surface area (Å²) >= 11 is 3.35. The Labute approximate surface area is 140 Å². The second-order valence-corrected chi connectivity index (χ2v) is 5.94. The summed E-state index contributed by atoms with van der Waals surface area (Å²) < 4.78 is 16.4. The Bertz CT molecular complexity index is 857. The van der Waals surface area contributed by atoms with Crippen LogP contribution >= 0.6 is 15.9 Å². The van der Waals surface area contributed by atoms with E-state index in [1.807, 2.05) is 4.90 Å². The van der Waals surface area contributed by atoms with Crippen LogP contribution in [0.1, 0.15) is 10.4 Å². The van der Waals surface area contributed by atoms with Crippen molar-refractivity contribution < 1.29 is 18.7 Å². The molecule has 1 aromatic heterocycles. The third kappa shape index (κ3) is 2.96. The van der Waals surface area contributed by atoms with Crippen LogP contribution in [-0.2, 0) is 9.47 Å². The normalized spacial score (nSPS) is 14.7. The van der Waals surface area contributed by atoms with Gasteiger partial charge in [0, 0.05) is 6.07 Å². The fourth-order valence-corrected chi connectivity index (χ4v) is 2.96. The fourth-order valence-electron chi connectivity index (χ4n) is 2.42. The molecule has 0 amide bonds. The van der Waals surface area contributed by atoms with E-state index in [9.17, 15) is 9.59 Å². The number of methoxy groups -OCH3 is 1. The van der Waals surface area contributed by atoms with Crippen molar-refractivity contribution in [1.82, 2.24) is 0 Å². The Hall–Kier alpha value is -2.28. The molecule has 0 aliphatic carbocycles. The number of hydrogen-bond acceptors (Lipinski definition) is 6. The molecule has 2 aromatic rings. The molecule has 1 aliphatic heterocycles. The Balaban J connectivity index is 2.12. The highest BCUT2D eigenvalue weighted by Crippen LogP contribution is 2.28. The third-order valence-corrected chi connectivity index (χ3v) is 4.13. The summed E-state index contributed by atoms with van der Waals surface area (Å²) in [5.41, 5.74) is 0.439. The van der Waals surface area contributed by atoms with Gasteiger partial charge in [0.25, 0.3) is 0 Å². The van der Waals surface area contributed by atoms with Gasteiger partial charge in [0.05, 0.1) is 35.6 Å². The van der Waals surface area contributed by atoms with E-state index in [1.54, 1.807) is 6.07 Å². The molecule has 0 unspecified atom stereocenters. The summed E-state index contributed by atoms with van der Waals surface area (Å²) in [6.07, 6.45) is 0. The maximum absolute atomic E-state index is 12.4.